The van der Waals surface area contributed by atoms with Crippen LogP contribution < -0.4 is 9.46 Å². The molecule has 4 heterocycles. The van der Waals surface area contributed by atoms with Gasteiger partial charge in [-0.3, -0.25) is 14.3 Å². The van der Waals surface area contributed by atoms with Gasteiger partial charge in [-0.1, -0.05) is 47.9 Å². The number of ether oxygens (including phenoxy) is 2. The van der Waals surface area contributed by atoms with Crippen LogP contribution in [0.5, 0.6) is 5.75 Å². The van der Waals surface area contributed by atoms with Crippen LogP contribution in [-0.2, 0) is 21.3 Å². The lowest BCUT2D eigenvalue weighted by molar-refractivity contribution is -0.0432. The average molecular weight is 896 g/mol. The molecule has 0 bridgehead atoms. The van der Waals surface area contributed by atoms with Crippen LogP contribution in [-0.4, -0.2) is 93.3 Å². The number of amides is 2. The van der Waals surface area contributed by atoms with Gasteiger partial charge in [0, 0.05) is 26.5 Å². The van der Waals surface area contributed by atoms with E-state index in [1.165, 1.54) is 12.0 Å². The van der Waals surface area contributed by atoms with E-state index >= 15 is 0 Å². The number of hydrogen-bond donors (Lipinski definition) is 2. The molecule has 2 aliphatic heterocycles. The van der Waals surface area contributed by atoms with Crippen molar-refractivity contribution in [1.82, 2.24) is 24.0 Å². The van der Waals surface area contributed by atoms with E-state index in [2.05, 4.69) is 44.0 Å². The summed E-state index contributed by atoms with van der Waals surface area (Å²) in [5, 5.41) is 15.6. The van der Waals surface area contributed by atoms with Crippen LogP contribution in [0, 0.1) is 0 Å². The number of nitrogens with one attached hydrogen (secondary N) is 1. The monoisotopic (exact) mass is 895 g/mol. The first kappa shape index (κ1) is 39.1. The van der Waals surface area contributed by atoms with Crippen LogP contribution in [0.1, 0.15) is 115 Å². The third-order valence-electron chi connectivity index (χ3n) is 12.2. The number of hydrogen-bond acceptors (Lipinski definition) is 8. The van der Waals surface area contributed by atoms with E-state index in [1.54, 1.807) is 38.1 Å². The Labute approximate surface area is 341 Å². The lowest BCUT2D eigenvalue weighted by Crippen LogP contribution is -2.57. The summed E-state index contributed by atoms with van der Waals surface area (Å²) in [4.78, 5) is 30.3. The molecule has 0 spiro atoms. The number of aliphatic hydroxyl groups is 1. The van der Waals surface area contributed by atoms with Gasteiger partial charge in [-0.25, -0.2) is 13.1 Å². The van der Waals surface area contributed by atoms with Crippen LogP contribution in [0.25, 0.3) is 33.8 Å². The van der Waals surface area contributed by atoms with Crippen molar-refractivity contribution in [3.05, 3.63) is 70.5 Å². The highest BCUT2D eigenvalue weighted by atomic mass is 127. The molecule has 4 aliphatic rings. The number of allylic oxidation sites excluding steroid dienone is 1. The number of alkyl halides is 1. The van der Waals surface area contributed by atoms with Crippen molar-refractivity contribution in [3.63, 3.8) is 0 Å². The highest BCUT2D eigenvalue weighted by Crippen LogP contribution is 2.48. The first-order valence-corrected chi connectivity index (χ1v) is 22.9. The highest BCUT2D eigenvalue weighted by molar-refractivity contribution is 14.1. The number of carbonyl (C=O) groups is 2. The van der Waals surface area contributed by atoms with Gasteiger partial charge < -0.3 is 24.0 Å². The molecule has 56 heavy (non-hydrogen) atoms. The number of aromatic nitrogens is 3. The summed E-state index contributed by atoms with van der Waals surface area (Å²) in [5.74, 6) is 0.145. The summed E-state index contributed by atoms with van der Waals surface area (Å²) in [5.41, 5.74) is 7.45. The summed E-state index contributed by atoms with van der Waals surface area (Å²) in [6.45, 7) is 3.89. The summed E-state index contributed by atoms with van der Waals surface area (Å²) in [7, 11) is -2.20. The molecule has 3 fully saturated rings. The van der Waals surface area contributed by atoms with E-state index in [-0.39, 0.29) is 36.8 Å². The van der Waals surface area contributed by atoms with E-state index in [4.69, 9.17) is 14.6 Å². The van der Waals surface area contributed by atoms with Gasteiger partial charge in [0.25, 0.3) is 11.8 Å². The van der Waals surface area contributed by atoms with Crippen molar-refractivity contribution >= 4 is 67.0 Å². The SMILES string of the molecule is COc1ccc2c(c1)C=C(c1c(C(=O)N3C(CO)COCC3CI)cnn1C1CCC1)Cn1c-2c(C2CCCCC2)c2ccc(C(=O)NS(=O)(=O)C(C)C)cc21. The second-order valence-corrected chi connectivity index (χ2v) is 19.0. The standard InChI is InChI=1S/C42H50IN5O7S/c1-25(2)56(52,53)45-41(50)27-12-14-35-37(18-27)46-21-29(16-28-17-33(54-3)13-15-34(28)40(46)38(35)26-8-5-4-6-9-26)39-36(20-44-48(39)30-10-7-11-30)42(51)47-31(19-43)23-55-24-32(47)22-49/h12-18,20,25-26,30-32,49H,4-11,19,21-24H2,1-3H3,(H,45,50). The van der Waals surface area contributed by atoms with Gasteiger partial charge >= 0.3 is 0 Å². The molecule has 8 rings (SSSR count). The molecule has 2 atom stereocenters. The molecule has 12 nitrogen and oxygen atoms in total. The zero-order valence-corrected chi connectivity index (χ0v) is 35.1. The van der Waals surface area contributed by atoms with Crippen molar-refractivity contribution in [3.8, 4) is 17.0 Å². The van der Waals surface area contributed by atoms with Crippen LogP contribution >= 0.6 is 22.6 Å². The second-order valence-electron chi connectivity index (χ2n) is 15.9. The molecule has 2 aromatic carbocycles. The molecule has 2 aromatic heterocycles. The van der Waals surface area contributed by atoms with Gasteiger partial charge in [0.1, 0.15) is 5.75 Å². The lowest BCUT2D eigenvalue weighted by Gasteiger charge is -2.40. The molecule has 4 aromatic rings. The molecule has 0 radical (unpaired) electrons. The highest BCUT2D eigenvalue weighted by Gasteiger charge is 2.39. The quantitative estimate of drug-likeness (QED) is 0.129. The zero-order valence-electron chi connectivity index (χ0n) is 32.2. The number of halogens is 1. The number of carbonyl (C=O) groups excluding carboxylic acids is 2. The molecule has 14 heteroatoms. The summed E-state index contributed by atoms with van der Waals surface area (Å²) in [6.07, 6.45) is 12.4. The minimum Gasteiger partial charge on any atom is -0.497 e. The number of morpholine rings is 1. The number of nitrogens with zero attached hydrogens (tertiary/aromatic N) is 4. The number of benzene rings is 2. The molecular weight excluding hydrogens is 845 g/mol. The van der Waals surface area contributed by atoms with Gasteiger partial charge in [-0.15, -0.1) is 0 Å². The Bertz CT molecular complexity index is 2290. The maximum atomic E-state index is 14.9. The molecular formula is C42H50IN5O7S. The van der Waals surface area contributed by atoms with Gasteiger partial charge in [-0.2, -0.15) is 5.10 Å². The van der Waals surface area contributed by atoms with E-state index in [9.17, 15) is 23.1 Å². The molecule has 2 unspecified atom stereocenters. The van der Waals surface area contributed by atoms with Gasteiger partial charge in [0.2, 0.25) is 10.0 Å². The van der Waals surface area contributed by atoms with E-state index < -0.39 is 27.2 Å². The number of methoxy groups -OCH3 is 1. The van der Waals surface area contributed by atoms with Crippen molar-refractivity contribution < 1.29 is 32.6 Å². The van der Waals surface area contributed by atoms with E-state index in [0.717, 1.165) is 83.9 Å². The largest absolute Gasteiger partial charge is 0.497 e. The molecule has 2 saturated carbocycles. The average Bonchev–Trinajstić information content (AvgIpc) is 3.70. The maximum Gasteiger partial charge on any atom is 0.264 e. The lowest BCUT2D eigenvalue weighted by atomic mass is 9.81. The Hall–Kier alpha value is -3.73. The molecule has 2 N–H and O–H groups in total. The van der Waals surface area contributed by atoms with Gasteiger partial charge in [-0.05, 0) is 105 Å². The third-order valence-corrected chi connectivity index (χ3v) is 14.9. The third kappa shape index (κ3) is 6.98. The van der Waals surface area contributed by atoms with Crippen LogP contribution in [0.15, 0.2) is 42.6 Å². The Kier molecular flexibility index (Phi) is 11.1. The smallest absolute Gasteiger partial charge is 0.264 e. The van der Waals surface area contributed by atoms with Crippen LogP contribution in [0.3, 0.4) is 0 Å². The predicted molar refractivity (Wildman–Crippen MR) is 225 cm³/mol. The number of aliphatic hydroxyl groups excluding tert-OH is 1. The Morgan fingerprint density at radius 2 is 1.79 bits per heavy atom. The zero-order chi connectivity index (χ0) is 39.3. The summed E-state index contributed by atoms with van der Waals surface area (Å²) in [6, 6.07) is 11.1. The van der Waals surface area contributed by atoms with Gasteiger partial charge in [0.05, 0.1) is 80.0 Å². The first-order chi connectivity index (χ1) is 27.0. The van der Waals surface area contributed by atoms with E-state index in [1.807, 2.05) is 28.9 Å². The number of fused-ring (bicyclic) bond motifs is 5. The van der Waals surface area contributed by atoms with Crippen molar-refractivity contribution in [1.29, 1.82) is 0 Å². The fourth-order valence-electron chi connectivity index (χ4n) is 8.91. The fourth-order valence-corrected chi connectivity index (χ4v) is 10.2. The predicted octanol–water partition coefficient (Wildman–Crippen LogP) is 6.95. The Morgan fingerprint density at radius 1 is 1.02 bits per heavy atom. The minimum atomic E-state index is -3.86. The molecule has 1 saturated heterocycles. The number of rotatable bonds is 10. The van der Waals surface area contributed by atoms with Crippen molar-refractivity contribution in [2.45, 2.75) is 101 Å². The van der Waals surface area contributed by atoms with E-state index in [0.29, 0.717) is 34.8 Å². The topological polar surface area (TPSA) is 145 Å². The number of sulfonamides is 1. The maximum absolute atomic E-state index is 14.9. The molecule has 2 amide bonds. The molecule has 298 valence electrons. The normalized spacial score (nSPS) is 20.6. The van der Waals surface area contributed by atoms with Crippen molar-refractivity contribution in [2.24, 2.45) is 0 Å². The summed E-state index contributed by atoms with van der Waals surface area (Å²) >= 11 is 2.28. The van der Waals surface area contributed by atoms with Crippen LogP contribution in [0.4, 0.5) is 0 Å². The van der Waals surface area contributed by atoms with Gasteiger partial charge in [0.15, 0.2) is 0 Å². The molecule has 2 aliphatic carbocycles. The second kappa shape index (κ2) is 15.9. The minimum absolute atomic E-state index is 0.135. The Morgan fingerprint density at radius 3 is 2.46 bits per heavy atom. The van der Waals surface area contributed by atoms with Crippen LogP contribution in [0.2, 0.25) is 0 Å². The summed E-state index contributed by atoms with van der Waals surface area (Å²) < 4.78 is 44.4. The van der Waals surface area contributed by atoms with Crippen molar-refractivity contribution in [2.75, 3.05) is 31.4 Å². The Balaban J connectivity index is 1.36. The first-order valence-electron chi connectivity index (χ1n) is 19.8. The fraction of sp³-hybridized carbons (Fsp3) is 0.500.